The molecule has 0 saturated carbocycles. The third kappa shape index (κ3) is 0.758. The standard InChI is InChI=1S/C8H14N2O2/c1-2-12-8(11-1)6-3-9-5-7(8)10-4-6/h6-7,9-10H,1-5H2. The van der Waals surface area contributed by atoms with Crippen LogP contribution in [0.5, 0.6) is 0 Å². The van der Waals surface area contributed by atoms with Crippen LogP contribution in [0, 0.1) is 5.92 Å². The van der Waals surface area contributed by atoms with Crippen molar-refractivity contribution in [2.45, 2.75) is 11.8 Å². The predicted octanol–water partition coefficient (Wildman–Crippen LogP) is -1.08. The van der Waals surface area contributed by atoms with Crippen molar-refractivity contribution in [3.63, 3.8) is 0 Å². The summed E-state index contributed by atoms with van der Waals surface area (Å²) in [6.07, 6.45) is 0. The van der Waals surface area contributed by atoms with Crippen LogP contribution in [0.15, 0.2) is 0 Å². The molecule has 2 unspecified atom stereocenters. The highest BCUT2D eigenvalue weighted by atomic mass is 16.7. The molecule has 4 nitrogen and oxygen atoms in total. The summed E-state index contributed by atoms with van der Waals surface area (Å²) < 4.78 is 11.5. The maximum Gasteiger partial charge on any atom is 0.190 e. The third-order valence-electron chi connectivity index (χ3n) is 3.14. The zero-order chi connectivity index (χ0) is 8.02. The second-order valence-corrected chi connectivity index (χ2v) is 3.73. The molecule has 0 radical (unpaired) electrons. The maximum atomic E-state index is 5.74. The van der Waals surface area contributed by atoms with Gasteiger partial charge in [0.05, 0.1) is 19.3 Å². The molecule has 3 saturated heterocycles. The molecule has 1 spiro atoms. The van der Waals surface area contributed by atoms with Gasteiger partial charge >= 0.3 is 0 Å². The lowest BCUT2D eigenvalue weighted by Gasteiger charge is -2.37. The van der Waals surface area contributed by atoms with E-state index in [9.17, 15) is 0 Å². The molecule has 0 aromatic rings. The molecular weight excluding hydrogens is 156 g/mol. The first-order valence-electron chi connectivity index (χ1n) is 4.64. The minimum Gasteiger partial charge on any atom is -0.346 e. The zero-order valence-corrected chi connectivity index (χ0v) is 7.01. The molecule has 0 amide bonds. The zero-order valence-electron chi connectivity index (χ0n) is 7.01. The van der Waals surface area contributed by atoms with E-state index in [0.29, 0.717) is 12.0 Å². The van der Waals surface area contributed by atoms with Gasteiger partial charge in [0.25, 0.3) is 0 Å². The van der Waals surface area contributed by atoms with Crippen LogP contribution in [0.3, 0.4) is 0 Å². The summed E-state index contributed by atoms with van der Waals surface area (Å²) in [5, 5.41) is 6.81. The van der Waals surface area contributed by atoms with Gasteiger partial charge in [0, 0.05) is 25.6 Å². The van der Waals surface area contributed by atoms with Crippen LogP contribution in [0.4, 0.5) is 0 Å². The molecule has 0 aromatic carbocycles. The van der Waals surface area contributed by atoms with Crippen LogP contribution < -0.4 is 10.6 Å². The van der Waals surface area contributed by atoms with Crippen molar-refractivity contribution in [1.82, 2.24) is 10.6 Å². The Morgan fingerprint density at radius 2 is 1.92 bits per heavy atom. The van der Waals surface area contributed by atoms with Gasteiger partial charge in [-0.3, -0.25) is 0 Å². The topological polar surface area (TPSA) is 42.5 Å². The fraction of sp³-hybridized carbons (Fsp3) is 1.00. The van der Waals surface area contributed by atoms with E-state index >= 15 is 0 Å². The van der Waals surface area contributed by atoms with Crippen molar-refractivity contribution in [1.29, 1.82) is 0 Å². The fourth-order valence-corrected chi connectivity index (χ4v) is 2.57. The first-order valence-corrected chi connectivity index (χ1v) is 4.64. The molecule has 3 aliphatic heterocycles. The minimum atomic E-state index is -0.273. The van der Waals surface area contributed by atoms with Gasteiger partial charge in [-0.2, -0.15) is 0 Å². The summed E-state index contributed by atoms with van der Waals surface area (Å²) in [4.78, 5) is 0. The monoisotopic (exact) mass is 170 g/mol. The molecule has 3 aliphatic rings. The predicted molar refractivity (Wildman–Crippen MR) is 42.8 cm³/mol. The van der Waals surface area contributed by atoms with Crippen LogP contribution in [0.2, 0.25) is 0 Å². The Morgan fingerprint density at radius 1 is 1.08 bits per heavy atom. The van der Waals surface area contributed by atoms with Crippen LogP contribution in [-0.2, 0) is 9.47 Å². The SMILES string of the molecule is C1COC2(O1)C1CNCC2NC1. The molecule has 3 fully saturated rings. The Labute approximate surface area is 71.6 Å². The Bertz CT molecular complexity index is 173. The first-order chi connectivity index (χ1) is 5.92. The van der Waals surface area contributed by atoms with E-state index in [0.717, 1.165) is 32.8 Å². The van der Waals surface area contributed by atoms with Gasteiger partial charge in [0.2, 0.25) is 0 Å². The lowest BCUT2D eigenvalue weighted by Crippen LogP contribution is -2.58. The highest BCUT2D eigenvalue weighted by Gasteiger charge is 2.56. The molecule has 0 aliphatic carbocycles. The number of hydrogen-bond donors (Lipinski definition) is 2. The lowest BCUT2D eigenvalue weighted by atomic mass is 9.93. The molecule has 2 bridgehead atoms. The highest BCUT2D eigenvalue weighted by Crippen LogP contribution is 2.37. The van der Waals surface area contributed by atoms with E-state index in [2.05, 4.69) is 10.6 Å². The van der Waals surface area contributed by atoms with Crippen molar-refractivity contribution < 1.29 is 9.47 Å². The largest absolute Gasteiger partial charge is 0.346 e. The Balaban J connectivity index is 1.92. The minimum absolute atomic E-state index is 0.273. The van der Waals surface area contributed by atoms with E-state index in [1.165, 1.54) is 0 Å². The summed E-state index contributed by atoms with van der Waals surface area (Å²) in [6, 6.07) is 0.360. The second-order valence-electron chi connectivity index (χ2n) is 3.73. The van der Waals surface area contributed by atoms with E-state index in [-0.39, 0.29) is 5.79 Å². The molecule has 12 heavy (non-hydrogen) atoms. The number of ether oxygens (including phenoxy) is 2. The summed E-state index contributed by atoms with van der Waals surface area (Å²) in [5.74, 6) is 0.226. The van der Waals surface area contributed by atoms with Crippen LogP contribution in [0.25, 0.3) is 0 Å². The smallest absolute Gasteiger partial charge is 0.190 e. The van der Waals surface area contributed by atoms with Crippen LogP contribution in [-0.4, -0.2) is 44.7 Å². The Morgan fingerprint density at radius 3 is 2.67 bits per heavy atom. The third-order valence-corrected chi connectivity index (χ3v) is 3.14. The van der Waals surface area contributed by atoms with Crippen LogP contribution in [0.1, 0.15) is 0 Å². The summed E-state index contributed by atoms with van der Waals surface area (Å²) in [5.41, 5.74) is 0. The van der Waals surface area contributed by atoms with Crippen molar-refractivity contribution >= 4 is 0 Å². The number of hydrogen-bond acceptors (Lipinski definition) is 4. The van der Waals surface area contributed by atoms with Crippen molar-refractivity contribution in [2.24, 2.45) is 5.92 Å². The molecule has 3 rings (SSSR count). The van der Waals surface area contributed by atoms with Gasteiger partial charge in [0.15, 0.2) is 5.79 Å². The van der Waals surface area contributed by atoms with Gasteiger partial charge in [-0.15, -0.1) is 0 Å². The van der Waals surface area contributed by atoms with E-state index in [1.807, 2.05) is 0 Å². The van der Waals surface area contributed by atoms with Crippen molar-refractivity contribution in [2.75, 3.05) is 32.8 Å². The maximum absolute atomic E-state index is 5.74. The molecule has 3 heterocycles. The normalized spacial score (nSPS) is 44.0. The van der Waals surface area contributed by atoms with Crippen molar-refractivity contribution in [3.8, 4) is 0 Å². The molecule has 4 heteroatoms. The van der Waals surface area contributed by atoms with Crippen LogP contribution >= 0.6 is 0 Å². The average Bonchev–Trinajstić information content (AvgIpc) is 2.59. The fourth-order valence-electron chi connectivity index (χ4n) is 2.57. The first kappa shape index (κ1) is 7.26. The van der Waals surface area contributed by atoms with E-state index < -0.39 is 0 Å². The molecule has 68 valence electrons. The average molecular weight is 170 g/mol. The number of nitrogens with one attached hydrogen (secondary N) is 2. The number of rotatable bonds is 0. The molecule has 0 aromatic heterocycles. The second kappa shape index (κ2) is 2.42. The van der Waals surface area contributed by atoms with Gasteiger partial charge in [-0.1, -0.05) is 0 Å². The molecule has 2 atom stereocenters. The Hall–Kier alpha value is -0.160. The van der Waals surface area contributed by atoms with E-state index in [1.54, 1.807) is 0 Å². The summed E-state index contributed by atoms with van der Waals surface area (Å²) in [6.45, 7) is 4.53. The summed E-state index contributed by atoms with van der Waals surface area (Å²) >= 11 is 0. The van der Waals surface area contributed by atoms with Gasteiger partial charge < -0.3 is 20.1 Å². The highest BCUT2D eigenvalue weighted by molar-refractivity contribution is 5.05. The molecular formula is C8H14N2O2. The van der Waals surface area contributed by atoms with E-state index in [4.69, 9.17) is 9.47 Å². The van der Waals surface area contributed by atoms with Crippen molar-refractivity contribution in [3.05, 3.63) is 0 Å². The Kier molecular flexibility index (Phi) is 1.46. The van der Waals surface area contributed by atoms with Gasteiger partial charge in [-0.25, -0.2) is 0 Å². The van der Waals surface area contributed by atoms with Gasteiger partial charge in [0.1, 0.15) is 0 Å². The lowest BCUT2D eigenvalue weighted by molar-refractivity contribution is -0.197. The molecule has 2 N–H and O–H groups in total. The summed E-state index contributed by atoms with van der Waals surface area (Å²) in [7, 11) is 0. The number of piperidine rings is 1. The van der Waals surface area contributed by atoms with Gasteiger partial charge in [-0.05, 0) is 0 Å². The quantitative estimate of drug-likeness (QED) is 0.485.